The van der Waals surface area contributed by atoms with Gasteiger partial charge in [0.25, 0.3) is 5.69 Å². The van der Waals surface area contributed by atoms with Crippen molar-refractivity contribution in [3.63, 3.8) is 0 Å². The molecular weight excluding hydrogens is 266 g/mol. The molecule has 0 saturated carbocycles. The zero-order valence-corrected chi connectivity index (χ0v) is 13.6. The Labute approximate surface area is 127 Å². The molecule has 1 rings (SSSR count). The minimum absolute atomic E-state index is 0.149. The second-order valence-corrected chi connectivity index (χ2v) is 5.49. The van der Waals surface area contributed by atoms with Gasteiger partial charge in [-0.3, -0.25) is 10.1 Å². The van der Waals surface area contributed by atoms with Crippen LogP contribution in [0.25, 0.3) is 0 Å². The number of aryl methyl sites for hydroxylation is 1. The van der Waals surface area contributed by atoms with Gasteiger partial charge in [0.1, 0.15) is 5.69 Å². The summed E-state index contributed by atoms with van der Waals surface area (Å²) in [5, 5.41) is 14.3. The predicted octanol–water partition coefficient (Wildman–Crippen LogP) is 3.83. The first-order chi connectivity index (χ1) is 9.97. The van der Waals surface area contributed by atoms with Crippen LogP contribution in [-0.4, -0.2) is 35.5 Å². The molecule has 21 heavy (non-hydrogen) atoms. The topological polar surface area (TPSA) is 58.4 Å². The molecule has 0 amide bonds. The van der Waals surface area contributed by atoms with Crippen LogP contribution in [0.1, 0.15) is 39.2 Å². The van der Waals surface area contributed by atoms with Crippen molar-refractivity contribution >= 4 is 11.4 Å². The van der Waals surface area contributed by atoms with Gasteiger partial charge >= 0.3 is 0 Å². The highest BCUT2D eigenvalue weighted by atomic mass is 16.6. The summed E-state index contributed by atoms with van der Waals surface area (Å²) >= 11 is 0. The summed E-state index contributed by atoms with van der Waals surface area (Å²) in [6.45, 7) is 11.6. The molecule has 1 aromatic rings. The number of hydrogen-bond donors (Lipinski definition) is 1. The summed E-state index contributed by atoms with van der Waals surface area (Å²) in [5.74, 6) is 0. The van der Waals surface area contributed by atoms with Gasteiger partial charge in [-0.15, -0.1) is 0 Å². The molecule has 0 spiro atoms. The van der Waals surface area contributed by atoms with E-state index in [1.165, 1.54) is 0 Å². The summed E-state index contributed by atoms with van der Waals surface area (Å²) in [7, 11) is 0. The van der Waals surface area contributed by atoms with Gasteiger partial charge in [-0.25, -0.2) is 0 Å². The molecule has 0 aliphatic carbocycles. The summed E-state index contributed by atoms with van der Waals surface area (Å²) in [6.07, 6.45) is 2.09. The number of nitrogens with zero attached hydrogens (tertiary/aromatic N) is 2. The number of hydrogen-bond acceptors (Lipinski definition) is 4. The van der Waals surface area contributed by atoms with Crippen molar-refractivity contribution in [3.05, 3.63) is 33.9 Å². The minimum atomic E-state index is -0.329. The van der Waals surface area contributed by atoms with Crippen LogP contribution in [0.5, 0.6) is 0 Å². The van der Waals surface area contributed by atoms with Gasteiger partial charge in [0, 0.05) is 12.1 Å². The Hall–Kier alpha value is -1.62. The average molecular weight is 293 g/mol. The van der Waals surface area contributed by atoms with Crippen LogP contribution in [0.15, 0.2) is 18.2 Å². The van der Waals surface area contributed by atoms with Gasteiger partial charge in [0.15, 0.2) is 0 Å². The van der Waals surface area contributed by atoms with Crippen molar-refractivity contribution in [3.8, 4) is 0 Å². The molecule has 0 radical (unpaired) electrons. The molecule has 0 saturated heterocycles. The number of anilines is 1. The lowest BCUT2D eigenvalue weighted by molar-refractivity contribution is -0.384. The zero-order valence-electron chi connectivity index (χ0n) is 13.6. The normalized spacial score (nSPS) is 12.4. The molecule has 1 N–H and O–H groups in total. The van der Waals surface area contributed by atoms with Gasteiger partial charge in [-0.1, -0.05) is 19.9 Å². The molecule has 5 heteroatoms. The second kappa shape index (κ2) is 8.62. The molecule has 118 valence electrons. The Kier molecular flexibility index (Phi) is 7.15. The van der Waals surface area contributed by atoms with Gasteiger partial charge in [0.2, 0.25) is 0 Å². The highest BCUT2D eigenvalue weighted by molar-refractivity contribution is 5.63. The maximum atomic E-state index is 11.1. The molecule has 0 fully saturated rings. The Balaban J connectivity index is 2.56. The largest absolute Gasteiger partial charge is 0.377 e. The number of rotatable bonds is 9. The fourth-order valence-corrected chi connectivity index (χ4v) is 2.42. The molecule has 0 aromatic heterocycles. The number of benzene rings is 1. The zero-order chi connectivity index (χ0) is 15.8. The number of nitro groups is 1. The van der Waals surface area contributed by atoms with Crippen LogP contribution in [-0.2, 0) is 0 Å². The molecule has 1 atom stereocenters. The van der Waals surface area contributed by atoms with Crippen molar-refractivity contribution in [1.82, 2.24) is 4.90 Å². The third-order valence-corrected chi connectivity index (χ3v) is 3.76. The van der Waals surface area contributed by atoms with Crippen molar-refractivity contribution < 1.29 is 4.92 Å². The van der Waals surface area contributed by atoms with E-state index in [1.54, 1.807) is 12.1 Å². The van der Waals surface area contributed by atoms with Gasteiger partial charge in [-0.2, -0.15) is 0 Å². The molecule has 0 aliphatic heterocycles. The quantitative estimate of drug-likeness (QED) is 0.555. The van der Waals surface area contributed by atoms with E-state index in [0.717, 1.165) is 38.0 Å². The Morgan fingerprint density at radius 2 is 2.00 bits per heavy atom. The molecule has 0 aliphatic rings. The molecule has 1 aromatic carbocycles. The van der Waals surface area contributed by atoms with Gasteiger partial charge < -0.3 is 10.2 Å². The van der Waals surface area contributed by atoms with Gasteiger partial charge in [-0.05, 0) is 58.0 Å². The van der Waals surface area contributed by atoms with Crippen molar-refractivity contribution in [2.24, 2.45) is 0 Å². The van der Waals surface area contributed by atoms with Crippen molar-refractivity contribution in [1.29, 1.82) is 0 Å². The van der Waals surface area contributed by atoms with Crippen LogP contribution in [0.3, 0.4) is 0 Å². The smallest absolute Gasteiger partial charge is 0.292 e. The highest BCUT2D eigenvalue weighted by Crippen LogP contribution is 2.26. The molecular formula is C16H27N3O2. The van der Waals surface area contributed by atoms with Crippen LogP contribution in [0.4, 0.5) is 11.4 Å². The van der Waals surface area contributed by atoms with E-state index < -0.39 is 0 Å². The van der Waals surface area contributed by atoms with E-state index in [2.05, 4.69) is 31.0 Å². The summed E-state index contributed by atoms with van der Waals surface area (Å²) in [4.78, 5) is 13.1. The fourth-order valence-electron chi connectivity index (χ4n) is 2.42. The molecule has 0 heterocycles. The fraction of sp³-hybridized carbons (Fsp3) is 0.625. The lowest BCUT2D eigenvalue weighted by Crippen LogP contribution is -2.25. The maximum absolute atomic E-state index is 11.1. The van der Waals surface area contributed by atoms with E-state index in [9.17, 15) is 10.1 Å². The summed E-state index contributed by atoms with van der Waals surface area (Å²) in [5.41, 5.74) is 1.80. The first-order valence-corrected chi connectivity index (χ1v) is 7.71. The van der Waals surface area contributed by atoms with Crippen LogP contribution in [0, 0.1) is 17.0 Å². The monoisotopic (exact) mass is 293 g/mol. The van der Waals surface area contributed by atoms with Crippen LogP contribution < -0.4 is 5.32 Å². The van der Waals surface area contributed by atoms with E-state index >= 15 is 0 Å². The van der Waals surface area contributed by atoms with Crippen molar-refractivity contribution in [2.75, 3.05) is 25.0 Å². The average Bonchev–Trinajstić information content (AvgIpc) is 2.43. The lowest BCUT2D eigenvalue weighted by Gasteiger charge is -2.20. The van der Waals surface area contributed by atoms with Gasteiger partial charge in [0.05, 0.1) is 4.92 Å². The predicted molar refractivity (Wildman–Crippen MR) is 87.9 cm³/mol. The third kappa shape index (κ3) is 5.71. The van der Waals surface area contributed by atoms with Crippen molar-refractivity contribution in [2.45, 2.75) is 46.6 Å². The van der Waals surface area contributed by atoms with E-state index in [1.807, 2.05) is 13.0 Å². The van der Waals surface area contributed by atoms with E-state index in [4.69, 9.17) is 0 Å². The molecule has 5 nitrogen and oxygen atoms in total. The SMILES string of the molecule is CCN(CC)CCCC(C)Nc1cc(C)ccc1[N+](=O)[O-]. The first-order valence-electron chi connectivity index (χ1n) is 7.71. The standard InChI is InChI=1S/C16H27N3O2/c1-5-18(6-2)11-7-8-14(4)17-15-12-13(3)9-10-16(15)19(20)21/h9-10,12,14,17H,5-8,11H2,1-4H3. The Bertz CT molecular complexity index is 459. The second-order valence-electron chi connectivity index (χ2n) is 5.49. The van der Waals surface area contributed by atoms with E-state index in [0.29, 0.717) is 5.69 Å². The van der Waals surface area contributed by atoms with E-state index in [-0.39, 0.29) is 16.7 Å². The lowest BCUT2D eigenvalue weighted by atomic mass is 10.1. The first kappa shape index (κ1) is 17.4. The molecule has 1 unspecified atom stereocenters. The van der Waals surface area contributed by atoms with Crippen LogP contribution >= 0.6 is 0 Å². The third-order valence-electron chi connectivity index (χ3n) is 3.76. The minimum Gasteiger partial charge on any atom is -0.377 e. The summed E-state index contributed by atoms with van der Waals surface area (Å²) < 4.78 is 0. The van der Waals surface area contributed by atoms with Crippen LogP contribution in [0.2, 0.25) is 0 Å². The molecule has 0 bridgehead atoms. The highest BCUT2D eigenvalue weighted by Gasteiger charge is 2.15. The maximum Gasteiger partial charge on any atom is 0.292 e. The number of nitrogens with one attached hydrogen (secondary N) is 1. The Morgan fingerprint density at radius 3 is 2.57 bits per heavy atom. The number of nitro benzene ring substituents is 1. The summed E-state index contributed by atoms with van der Waals surface area (Å²) in [6, 6.07) is 5.41. The Morgan fingerprint density at radius 1 is 1.33 bits per heavy atom.